The number of aromatic nitrogens is 2. The lowest BCUT2D eigenvalue weighted by atomic mass is 10.1. The van der Waals surface area contributed by atoms with Crippen molar-refractivity contribution in [1.29, 1.82) is 10.5 Å². The van der Waals surface area contributed by atoms with Gasteiger partial charge in [0.15, 0.2) is 0 Å². The van der Waals surface area contributed by atoms with Crippen molar-refractivity contribution in [3.05, 3.63) is 17.0 Å². The summed E-state index contributed by atoms with van der Waals surface area (Å²) < 4.78 is 0. The third-order valence-corrected chi connectivity index (χ3v) is 2.52. The molecule has 0 aliphatic rings. The third kappa shape index (κ3) is 3.05. The van der Waals surface area contributed by atoms with E-state index >= 15 is 0 Å². The molecule has 0 spiro atoms. The molecule has 0 fully saturated rings. The monoisotopic (exact) mass is 249 g/mol. The first kappa shape index (κ1) is 13.2. The molecular weight excluding hydrogens is 238 g/mol. The van der Waals surface area contributed by atoms with E-state index in [2.05, 4.69) is 9.97 Å². The van der Waals surface area contributed by atoms with Crippen LogP contribution in [0.5, 0.6) is 0 Å². The standard InChI is InChI=1S/C11H12ClN5/c1-8(2)9-10(12)15-7-16-11(9)17(5-3-13)6-4-14/h7-8H,5-6H2,1-2H3. The van der Waals surface area contributed by atoms with E-state index in [-0.39, 0.29) is 19.0 Å². The molecule has 0 radical (unpaired) electrons. The predicted octanol–water partition coefficient (Wildman–Crippen LogP) is 2.11. The minimum absolute atomic E-state index is 0.0978. The molecule has 0 aliphatic heterocycles. The first-order valence-electron chi connectivity index (χ1n) is 5.11. The number of halogens is 1. The molecule has 88 valence electrons. The van der Waals surface area contributed by atoms with Crippen molar-refractivity contribution in [1.82, 2.24) is 9.97 Å². The van der Waals surface area contributed by atoms with Crippen LogP contribution in [0.25, 0.3) is 0 Å². The third-order valence-electron chi connectivity index (χ3n) is 2.21. The van der Waals surface area contributed by atoms with E-state index in [1.807, 2.05) is 26.0 Å². The number of anilines is 1. The molecule has 0 bridgehead atoms. The fraction of sp³-hybridized carbons (Fsp3) is 0.455. The number of hydrogen-bond acceptors (Lipinski definition) is 5. The zero-order valence-electron chi connectivity index (χ0n) is 9.68. The molecule has 1 aromatic rings. The van der Waals surface area contributed by atoms with E-state index in [0.29, 0.717) is 11.0 Å². The molecule has 0 aromatic carbocycles. The Bertz CT molecular complexity index is 456. The van der Waals surface area contributed by atoms with Crippen LogP contribution >= 0.6 is 11.6 Å². The van der Waals surface area contributed by atoms with Crippen molar-refractivity contribution in [2.24, 2.45) is 0 Å². The first-order chi connectivity index (χ1) is 8.11. The molecule has 1 aromatic heterocycles. The van der Waals surface area contributed by atoms with Gasteiger partial charge in [-0.2, -0.15) is 10.5 Å². The predicted molar refractivity (Wildman–Crippen MR) is 64.6 cm³/mol. The quantitative estimate of drug-likeness (QED) is 0.603. The summed E-state index contributed by atoms with van der Waals surface area (Å²) in [6.45, 7) is 4.12. The molecule has 0 unspecified atom stereocenters. The van der Waals surface area contributed by atoms with E-state index in [0.717, 1.165) is 5.56 Å². The van der Waals surface area contributed by atoms with Crippen molar-refractivity contribution in [3.8, 4) is 12.1 Å². The van der Waals surface area contributed by atoms with E-state index < -0.39 is 0 Å². The maximum absolute atomic E-state index is 8.75. The second-order valence-corrected chi connectivity index (χ2v) is 4.09. The highest BCUT2D eigenvalue weighted by Gasteiger charge is 2.18. The lowest BCUT2D eigenvalue weighted by Crippen LogP contribution is -2.26. The van der Waals surface area contributed by atoms with E-state index in [4.69, 9.17) is 22.1 Å². The number of nitriles is 2. The molecule has 0 saturated heterocycles. The number of hydrogen-bond donors (Lipinski definition) is 0. The summed E-state index contributed by atoms with van der Waals surface area (Å²) >= 11 is 6.03. The van der Waals surface area contributed by atoms with Gasteiger partial charge >= 0.3 is 0 Å². The summed E-state index contributed by atoms with van der Waals surface area (Å²) in [5.74, 6) is 0.682. The summed E-state index contributed by atoms with van der Waals surface area (Å²) in [4.78, 5) is 9.64. The van der Waals surface area contributed by atoms with Gasteiger partial charge in [-0.3, -0.25) is 0 Å². The average Bonchev–Trinajstić information content (AvgIpc) is 2.28. The molecule has 6 heteroatoms. The van der Waals surface area contributed by atoms with Crippen LogP contribution in [0, 0.1) is 22.7 Å². The average molecular weight is 250 g/mol. The van der Waals surface area contributed by atoms with Gasteiger partial charge in [-0.05, 0) is 5.92 Å². The van der Waals surface area contributed by atoms with E-state index in [9.17, 15) is 0 Å². The molecule has 0 atom stereocenters. The lowest BCUT2D eigenvalue weighted by Gasteiger charge is -2.21. The zero-order chi connectivity index (χ0) is 12.8. The largest absolute Gasteiger partial charge is 0.330 e. The summed E-state index contributed by atoms with van der Waals surface area (Å²) in [6.07, 6.45) is 1.34. The second-order valence-electron chi connectivity index (χ2n) is 3.73. The Morgan fingerprint density at radius 1 is 1.29 bits per heavy atom. The number of nitrogens with zero attached hydrogens (tertiary/aromatic N) is 5. The Balaban J connectivity index is 3.24. The van der Waals surface area contributed by atoms with Crippen LogP contribution in [0.1, 0.15) is 25.3 Å². The normalized spacial score (nSPS) is 9.76. The van der Waals surface area contributed by atoms with E-state index in [1.54, 1.807) is 4.90 Å². The minimum Gasteiger partial charge on any atom is -0.330 e. The lowest BCUT2D eigenvalue weighted by molar-refractivity contribution is 0.817. The first-order valence-corrected chi connectivity index (χ1v) is 5.48. The van der Waals surface area contributed by atoms with Crippen LogP contribution in [-0.4, -0.2) is 23.1 Å². The smallest absolute Gasteiger partial charge is 0.138 e. The van der Waals surface area contributed by atoms with Gasteiger partial charge in [0, 0.05) is 5.56 Å². The van der Waals surface area contributed by atoms with Crippen molar-refractivity contribution < 1.29 is 0 Å². The Morgan fingerprint density at radius 2 is 1.88 bits per heavy atom. The molecule has 5 nitrogen and oxygen atoms in total. The van der Waals surface area contributed by atoms with Crippen molar-refractivity contribution >= 4 is 17.4 Å². The maximum atomic E-state index is 8.75. The minimum atomic E-state index is 0.0978. The Hall–Kier alpha value is -1.85. The molecule has 1 rings (SSSR count). The topological polar surface area (TPSA) is 76.6 Å². The van der Waals surface area contributed by atoms with Crippen LogP contribution in [0.2, 0.25) is 5.15 Å². The van der Waals surface area contributed by atoms with Crippen molar-refractivity contribution in [3.63, 3.8) is 0 Å². The van der Waals surface area contributed by atoms with Crippen molar-refractivity contribution in [2.45, 2.75) is 19.8 Å². The van der Waals surface area contributed by atoms with E-state index in [1.165, 1.54) is 6.33 Å². The van der Waals surface area contributed by atoms with Gasteiger partial charge < -0.3 is 4.90 Å². The second kappa shape index (κ2) is 6.03. The van der Waals surface area contributed by atoms with Gasteiger partial charge in [0.25, 0.3) is 0 Å². The number of rotatable bonds is 4. The zero-order valence-corrected chi connectivity index (χ0v) is 10.4. The van der Waals surface area contributed by atoms with Crippen LogP contribution < -0.4 is 4.90 Å². The summed E-state index contributed by atoms with van der Waals surface area (Å²) in [6, 6.07) is 4.02. The Morgan fingerprint density at radius 3 is 2.35 bits per heavy atom. The molecular formula is C11H12ClN5. The molecule has 0 aliphatic carbocycles. The van der Waals surface area contributed by atoms with Crippen LogP contribution in [0.3, 0.4) is 0 Å². The Kier molecular flexibility index (Phi) is 4.68. The fourth-order valence-corrected chi connectivity index (χ4v) is 1.84. The molecule has 17 heavy (non-hydrogen) atoms. The van der Waals surface area contributed by atoms with Gasteiger partial charge in [-0.1, -0.05) is 25.4 Å². The van der Waals surface area contributed by atoms with Gasteiger partial charge in [0.05, 0.1) is 12.1 Å². The molecule has 0 saturated carbocycles. The maximum Gasteiger partial charge on any atom is 0.138 e. The van der Waals surface area contributed by atoms with Crippen molar-refractivity contribution in [2.75, 3.05) is 18.0 Å². The molecule has 0 amide bonds. The van der Waals surface area contributed by atoms with Gasteiger partial charge in [0.2, 0.25) is 0 Å². The molecule has 1 heterocycles. The highest BCUT2D eigenvalue weighted by Crippen LogP contribution is 2.30. The highest BCUT2D eigenvalue weighted by atomic mass is 35.5. The Labute approximate surface area is 105 Å². The fourth-order valence-electron chi connectivity index (χ4n) is 1.49. The van der Waals surface area contributed by atoms with Crippen LogP contribution in [-0.2, 0) is 0 Å². The van der Waals surface area contributed by atoms with Crippen LogP contribution in [0.4, 0.5) is 5.82 Å². The highest BCUT2D eigenvalue weighted by molar-refractivity contribution is 6.30. The van der Waals surface area contributed by atoms with Gasteiger partial charge in [-0.15, -0.1) is 0 Å². The molecule has 0 N–H and O–H groups in total. The SMILES string of the molecule is CC(C)c1c(Cl)ncnc1N(CC#N)CC#N. The van der Waals surface area contributed by atoms with Gasteiger partial charge in [0.1, 0.15) is 30.4 Å². The summed E-state index contributed by atoms with van der Waals surface area (Å²) in [5.41, 5.74) is 0.764. The van der Waals surface area contributed by atoms with Gasteiger partial charge in [-0.25, -0.2) is 9.97 Å². The van der Waals surface area contributed by atoms with Crippen LogP contribution in [0.15, 0.2) is 6.33 Å². The summed E-state index contributed by atoms with van der Waals surface area (Å²) in [7, 11) is 0. The summed E-state index contributed by atoms with van der Waals surface area (Å²) in [5, 5.41) is 17.9.